The summed E-state index contributed by atoms with van der Waals surface area (Å²) in [6, 6.07) is 3.85. The van der Waals surface area contributed by atoms with Gasteiger partial charge in [0.05, 0.1) is 0 Å². The van der Waals surface area contributed by atoms with Crippen molar-refractivity contribution in [1.29, 1.82) is 0 Å². The number of likely N-dealkylation sites (tertiary alicyclic amines) is 1. The Kier molecular flexibility index (Phi) is 6.19. The molecule has 4 heterocycles. The molecule has 0 spiro atoms. The van der Waals surface area contributed by atoms with E-state index < -0.39 is 6.09 Å². The maximum atomic E-state index is 11.6. The Labute approximate surface area is 202 Å². The lowest BCUT2D eigenvalue weighted by Crippen LogP contribution is -2.42. The first kappa shape index (κ1) is 22.1. The molecule has 2 aliphatic heterocycles. The zero-order valence-electron chi connectivity index (χ0n) is 17.7. The van der Waals surface area contributed by atoms with Crippen molar-refractivity contribution in [3.05, 3.63) is 22.9 Å². The number of nitrogens with zero attached hydrogens (tertiary/aromatic N) is 5. The van der Waals surface area contributed by atoms with E-state index in [4.69, 9.17) is 20.2 Å². The molecule has 3 N–H and O–H groups in total. The number of benzene rings is 1. The third kappa shape index (κ3) is 4.41. The van der Waals surface area contributed by atoms with Gasteiger partial charge in [0, 0.05) is 28.5 Å². The normalized spacial score (nSPS) is 17.6. The maximum Gasteiger partial charge on any atom is 0.407 e. The second kappa shape index (κ2) is 9.26. The summed E-state index contributed by atoms with van der Waals surface area (Å²) in [6.07, 6.45) is 5.06. The van der Waals surface area contributed by atoms with Gasteiger partial charge in [-0.2, -0.15) is 0 Å². The highest BCUT2D eigenvalue weighted by Gasteiger charge is 2.26. The fraction of sp³-hybridized carbons (Fsp3) is 0.429. The van der Waals surface area contributed by atoms with E-state index in [1.165, 1.54) is 18.1 Å². The Morgan fingerprint density at radius 1 is 1.27 bits per heavy atom. The number of anilines is 1. The second-order valence-corrected chi connectivity index (χ2v) is 9.85. The average molecular weight is 535 g/mol. The molecule has 33 heavy (non-hydrogen) atoms. The molecule has 2 aliphatic rings. The van der Waals surface area contributed by atoms with E-state index in [1.54, 1.807) is 4.90 Å². The number of hydrogen-bond donors (Lipinski definition) is 2. The van der Waals surface area contributed by atoms with Crippen molar-refractivity contribution in [2.75, 3.05) is 19.1 Å². The van der Waals surface area contributed by atoms with Crippen LogP contribution in [0.2, 0.25) is 0 Å². The molecule has 1 saturated heterocycles. The highest BCUT2D eigenvalue weighted by atomic mass is 79.9. The first-order valence-corrected chi connectivity index (χ1v) is 12.4. The van der Waals surface area contributed by atoms with Crippen molar-refractivity contribution in [2.45, 2.75) is 54.7 Å². The number of fused-ring (bicyclic) bond motifs is 2. The smallest absolute Gasteiger partial charge is 0.407 e. The number of aromatic nitrogens is 4. The Balaban J connectivity index is 1.40. The highest BCUT2D eigenvalue weighted by Crippen LogP contribution is 2.43. The summed E-state index contributed by atoms with van der Waals surface area (Å²) in [7, 11) is 0. The molecule has 1 fully saturated rings. The molecule has 1 aromatic carbocycles. The number of halogens is 1. The predicted molar refractivity (Wildman–Crippen MR) is 126 cm³/mol. The van der Waals surface area contributed by atoms with Crippen molar-refractivity contribution >= 4 is 50.8 Å². The van der Waals surface area contributed by atoms with Crippen molar-refractivity contribution in [3.63, 3.8) is 0 Å². The minimum atomic E-state index is -0.836. The Hall–Kier alpha value is -2.73. The number of nitrogens with two attached hydrogens (primary N) is 1. The molecule has 1 atom stereocenters. The summed E-state index contributed by atoms with van der Waals surface area (Å²) in [6.45, 7) is 1.45. The van der Waals surface area contributed by atoms with Crippen molar-refractivity contribution in [2.24, 2.45) is 0 Å². The van der Waals surface area contributed by atoms with E-state index in [0.29, 0.717) is 41.6 Å². The van der Waals surface area contributed by atoms with Crippen LogP contribution in [0.4, 0.5) is 10.6 Å². The number of amides is 1. The van der Waals surface area contributed by atoms with Crippen molar-refractivity contribution < 1.29 is 19.4 Å². The number of ether oxygens (including phenoxy) is 2. The number of hydrogen-bond acceptors (Lipinski definition) is 8. The maximum absolute atomic E-state index is 11.6. The molecule has 2 aromatic heterocycles. The van der Waals surface area contributed by atoms with Gasteiger partial charge < -0.3 is 29.8 Å². The lowest BCUT2D eigenvalue weighted by molar-refractivity contribution is 0.102. The summed E-state index contributed by atoms with van der Waals surface area (Å²) in [5, 5.41) is 10.2. The van der Waals surface area contributed by atoms with E-state index in [2.05, 4.69) is 25.9 Å². The van der Waals surface area contributed by atoms with Crippen molar-refractivity contribution in [1.82, 2.24) is 24.4 Å². The molecular formula is C21H23BrN6O4S. The fourth-order valence-electron chi connectivity index (χ4n) is 4.33. The van der Waals surface area contributed by atoms with Gasteiger partial charge in [-0.25, -0.2) is 19.7 Å². The summed E-state index contributed by atoms with van der Waals surface area (Å²) in [5.41, 5.74) is 7.30. The molecule has 5 rings (SSSR count). The molecule has 1 amide bonds. The Morgan fingerprint density at radius 2 is 2.09 bits per heavy atom. The van der Waals surface area contributed by atoms with Gasteiger partial charge in [0.15, 0.2) is 33.6 Å². The van der Waals surface area contributed by atoms with E-state index >= 15 is 0 Å². The highest BCUT2D eigenvalue weighted by molar-refractivity contribution is 9.10. The zero-order chi connectivity index (χ0) is 22.9. The van der Waals surface area contributed by atoms with E-state index in [1.807, 2.05) is 16.7 Å². The molecule has 0 bridgehead atoms. The van der Waals surface area contributed by atoms with Crippen LogP contribution >= 0.6 is 27.7 Å². The fourth-order valence-corrected chi connectivity index (χ4v) is 5.84. The predicted octanol–water partition coefficient (Wildman–Crippen LogP) is 4.36. The number of piperidine rings is 1. The van der Waals surface area contributed by atoms with Gasteiger partial charge in [-0.15, -0.1) is 0 Å². The van der Waals surface area contributed by atoms with Crippen LogP contribution in [0, 0.1) is 0 Å². The van der Waals surface area contributed by atoms with Crippen LogP contribution in [0.5, 0.6) is 11.5 Å². The zero-order valence-corrected chi connectivity index (χ0v) is 20.1. The summed E-state index contributed by atoms with van der Waals surface area (Å²) >= 11 is 5.08. The quantitative estimate of drug-likeness (QED) is 0.473. The van der Waals surface area contributed by atoms with Crippen molar-refractivity contribution in [3.8, 4) is 11.5 Å². The monoisotopic (exact) mass is 534 g/mol. The largest absolute Gasteiger partial charge is 0.465 e. The lowest BCUT2D eigenvalue weighted by atomic mass is 9.98. The van der Waals surface area contributed by atoms with Crippen LogP contribution in [0.3, 0.4) is 0 Å². The first-order chi connectivity index (χ1) is 16.0. The van der Waals surface area contributed by atoms with Gasteiger partial charge in [0.25, 0.3) is 0 Å². The van der Waals surface area contributed by atoms with Gasteiger partial charge >= 0.3 is 6.09 Å². The standard InChI is InChI=1S/C21H23BrN6O4S/c22-13-8-14-15(32-11-31-14)9-16(13)33-20-26-17-18(23)24-10-25-19(17)28(20)7-3-5-12-4-1-2-6-27(12)21(29)30/h8-10,12H,1-7,11H2,(H,29,30)(H2,23,24,25). The van der Waals surface area contributed by atoms with Gasteiger partial charge in [-0.05, 0) is 60.2 Å². The first-order valence-electron chi connectivity index (χ1n) is 10.7. The molecule has 0 aliphatic carbocycles. The van der Waals surface area contributed by atoms with Crippen LogP contribution in [0.15, 0.2) is 33.0 Å². The molecular weight excluding hydrogens is 512 g/mol. The van der Waals surface area contributed by atoms with E-state index in [-0.39, 0.29) is 12.8 Å². The van der Waals surface area contributed by atoms with Crippen LogP contribution in [0.1, 0.15) is 32.1 Å². The molecule has 12 heteroatoms. The topological polar surface area (TPSA) is 129 Å². The number of imidazole rings is 1. The number of carbonyl (C=O) groups is 1. The third-order valence-corrected chi connectivity index (χ3v) is 7.92. The van der Waals surface area contributed by atoms with Crippen LogP contribution in [-0.4, -0.2) is 55.0 Å². The van der Waals surface area contributed by atoms with Gasteiger partial charge in [0.1, 0.15) is 6.33 Å². The van der Waals surface area contributed by atoms with E-state index in [9.17, 15) is 9.90 Å². The number of rotatable bonds is 6. The molecule has 3 aromatic rings. The SMILES string of the molecule is Nc1ncnc2c1nc(Sc1cc3c(cc1Br)OCO3)n2CCCC1CCCCN1C(=O)O. The van der Waals surface area contributed by atoms with Gasteiger partial charge in [0.2, 0.25) is 6.79 Å². The molecule has 0 saturated carbocycles. The number of carboxylic acid groups (broad SMARTS) is 1. The molecule has 10 nitrogen and oxygen atoms in total. The van der Waals surface area contributed by atoms with Gasteiger partial charge in [-0.1, -0.05) is 11.8 Å². The number of nitrogen functional groups attached to an aromatic ring is 1. The van der Waals surface area contributed by atoms with Crippen LogP contribution in [-0.2, 0) is 6.54 Å². The Bertz CT molecular complexity index is 1210. The third-order valence-electron chi connectivity index (χ3n) is 5.95. The minimum Gasteiger partial charge on any atom is -0.465 e. The second-order valence-electron chi connectivity index (χ2n) is 7.98. The van der Waals surface area contributed by atoms with Crippen LogP contribution in [0.25, 0.3) is 11.2 Å². The number of aryl methyl sites for hydroxylation is 1. The Morgan fingerprint density at radius 3 is 2.91 bits per heavy atom. The summed E-state index contributed by atoms with van der Waals surface area (Å²) in [4.78, 5) is 27.3. The molecule has 1 unspecified atom stereocenters. The van der Waals surface area contributed by atoms with E-state index in [0.717, 1.165) is 46.6 Å². The molecule has 0 radical (unpaired) electrons. The van der Waals surface area contributed by atoms with Gasteiger partial charge in [-0.3, -0.25) is 0 Å². The van der Waals surface area contributed by atoms with Crippen LogP contribution < -0.4 is 15.2 Å². The summed E-state index contributed by atoms with van der Waals surface area (Å²) < 4.78 is 13.9. The minimum absolute atomic E-state index is 0.0461. The average Bonchev–Trinajstić information content (AvgIpc) is 3.39. The lowest BCUT2D eigenvalue weighted by Gasteiger charge is -2.33. The summed E-state index contributed by atoms with van der Waals surface area (Å²) in [5.74, 6) is 1.72. The molecule has 174 valence electrons.